The summed E-state index contributed by atoms with van der Waals surface area (Å²) in [5.41, 5.74) is -0.168. The molecular formula is C8H13FO2S. The third kappa shape index (κ3) is 1.49. The quantitative estimate of drug-likeness (QED) is 0.626. The molecule has 0 radical (unpaired) electrons. The van der Waals surface area contributed by atoms with Crippen LogP contribution >= 0.6 is 0 Å². The van der Waals surface area contributed by atoms with Crippen LogP contribution in [0.1, 0.15) is 32.1 Å². The van der Waals surface area contributed by atoms with Crippen molar-refractivity contribution in [3.8, 4) is 0 Å². The second kappa shape index (κ2) is 2.44. The van der Waals surface area contributed by atoms with Gasteiger partial charge in [-0.05, 0) is 43.4 Å². The molecule has 0 atom stereocenters. The van der Waals surface area contributed by atoms with Crippen LogP contribution in [0.3, 0.4) is 0 Å². The van der Waals surface area contributed by atoms with Crippen molar-refractivity contribution >= 4 is 10.2 Å². The molecule has 0 aromatic heterocycles. The molecule has 0 unspecified atom stereocenters. The van der Waals surface area contributed by atoms with Gasteiger partial charge in [0, 0.05) is 0 Å². The Hall–Kier alpha value is -0.120. The normalized spacial score (nSPS) is 40.6. The van der Waals surface area contributed by atoms with Gasteiger partial charge in [0.25, 0.3) is 0 Å². The van der Waals surface area contributed by atoms with Crippen molar-refractivity contribution in [1.82, 2.24) is 0 Å². The molecule has 4 heteroatoms. The van der Waals surface area contributed by atoms with Crippen molar-refractivity contribution in [2.24, 2.45) is 11.3 Å². The van der Waals surface area contributed by atoms with E-state index in [1.54, 1.807) is 0 Å². The molecule has 0 N–H and O–H groups in total. The van der Waals surface area contributed by atoms with Gasteiger partial charge in [-0.25, -0.2) is 0 Å². The van der Waals surface area contributed by atoms with Crippen LogP contribution in [0, 0.1) is 11.3 Å². The van der Waals surface area contributed by atoms with Crippen LogP contribution < -0.4 is 0 Å². The van der Waals surface area contributed by atoms with Crippen molar-refractivity contribution in [2.75, 3.05) is 5.75 Å². The largest absolute Gasteiger partial charge is 0.302 e. The van der Waals surface area contributed by atoms with Gasteiger partial charge in [0.2, 0.25) is 0 Å². The van der Waals surface area contributed by atoms with E-state index in [9.17, 15) is 12.3 Å². The molecule has 70 valence electrons. The van der Waals surface area contributed by atoms with E-state index in [2.05, 4.69) is 0 Å². The monoisotopic (exact) mass is 192 g/mol. The first-order valence-corrected chi connectivity index (χ1v) is 5.97. The van der Waals surface area contributed by atoms with E-state index in [4.69, 9.17) is 0 Å². The van der Waals surface area contributed by atoms with E-state index in [-0.39, 0.29) is 11.2 Å². The van der Waals surface area contributed by atoms with Gasteiger partial charge in [0.15, 0.2) is 0 Å². The molecule has 12 heavy (non-hydrogen) atoms. The summed E-state index contributed by atoms with van der Waals surface area (Å²) >= 11 is 0. The van der Waals surface area contributed by atoms with Gasteiger partial charge in [0.1, 0.15) is 0 Å². The van der Waals surface area contributed by atoms with Gasteiger partial charge in [-0.3, -0.25) is 0 Å². The Bertz CT molecular complexity index is 275. The van der Waals surface area contributed by atoms with Gasteiger partial charge < -0.3 is 0 Å². The van der Waals surface area contributed by atoms with Gasteiger partial charge in [-0.2, -0.15) is 8.42 Å². The summed E-state index contributed by atoms with van der Waals surface area (Å²) in [5, 5.41) is 0. The Labute approximate surface area is 72.4 Å². The molecule has 2 fully saturated rings. The fourth-order valence-electron chi connectivity index (χ4n) is 2.88. The van der Waals surface area contributed by atoms with Crippen molar-refractivity contribution in [3.05, 3.63) is 0 Å². The number of rotatable bonds is 2. The smallest absolute Gasteiger partial charge is 0.195 e. The number of hydrogen-bond acceptors (Lipinski definition) is 2. The van der Waals surface area contributed by atoms with E-state index in [0.717, 1.165) is 32.1 Å². The van der Waals surface area contributed by atoms with E-state index < -0.39 is 10.2 Å². The summed E-state index contributed by atoms with van der Waals surface area (Å²) in [6.45, 7) is 0. The molecule has 0 amide bonds. The molecule has 2 nitrogen and oxygen atoms in total. The summed E-state index contributed by atoms with van der Waals surface area (Å²) < 4.78 is 33.5. The van der Waals surface area contributed by atoms with E-state index >= 15 is 0 Å². The minimum absolute atomic E-state index is 0.168. The average molecular weight is 192 g/mol. The third-order valence-corrected chi connectivity index (χ3v) is 4.32. The Kier molecular flexibility index (Phi) is 1.72. The molecule has 2 bridgehead atoms. The van der Waals surface area contributed by atoms with Crippen LogP contribution in [-0.2, 0) is 10.2 Å². The van der Waals surface area contributed by atoms with Crippen molar-refractivity contribution in [2.45, 2.75) is 32.1 Å². The van der Waals surface area contributed by atoms with Crippen LogP contribution in [0.15, 0.2) is 0 Å². The van der Waals surface area contributed by atoms with Crippen molar-refractivity contribution in [1.29, 1.82) is 0 Å². The molecular weight excluding hydrogens is 179 g/mol. The molecule has 2 saturated carbocycles. The molecule has 0 heterocycles. The lowest BCUT2D eigenvalue weighted by Gasteiger charge is -2.23. The molecule has 2 rings (SSSR count). The minimum atomic E-state index is -4.25. The van der Waals surface area contributed by atoms with E-state index in [1.807, 2.05) is 0 Å². The molecule has 0 aromatic rings. The summed E-state index contributed by atoms with van der Waals surface area (Å²) in [5.74, 6) is 0.461. The summed E-state index contributed by atoms with van der Waals surface area (Å²) in [6, 6.07) is 0. The van der Waals surface area contributed by atoms with Crippen LogP contribution in [-0.4, -0.2) is 14.2 Å². The minimum Gasteiger partial charge on any atom is -0.195 e. The molecule has 0 saturated heterocycles. The number of hydrogen-bond donors (Lipinski definition) is 0. The lowest BCUT2D eigenvalue weighted by Crippen LogP contribution is -2.23. The molecule has 2 aliphatic carbocycles. The molecule has 0 spiro atoms. The zero-order valence-electron chi connectivity index (χ0n) is 6.92. The van der Waals surface area contributed by atoms with Gasteiger partial charge >= 0.3 is 10.2 Å². The predicted octanol–water partition coefficient (Wildman–Crippen LogP) is 1.87. The SMILES string of the molecule is O=S(=O)(F)CC12CCC(CC1)C2. The Morgan fingerprint density at radius 3 is 2.25 bits per heavy atom. The Morgan fingerprint density at radius 1 is 1.33 bits per heavy atom. The highest BCUT2D eigenvalue weighted by atomic mass is 32.3. The highest BCUT2D eigenvalue weighted by Crippen LogP contribution is 2.54. The zero-order valence-corrected chi connectivity index (χ0v) is 7.74. The molecule has 0 aliphatic heterocycles. The molecule has 2 aliphatic rings. The van der Waals surface area contributed by atoms with Crippen LogP contribution in [0.25, 0.3) is 0 Å². The van der Waals surface area contributed by atoms with Gasteiger partial charge in [-0.15, -0.1) is 3.89 Å². The van der Waals surface area contributed by atoms with E-state index in [1.165, 1.54) is 0 Å². The fourth-order valence-corrected chi connectivity index (χ4v) is 4.02. The second-order valence-corrected chi connectivity index (χ2v) is 5.70. The van der Waals surface area contributed by atoms with Crippen LogP contribution in [0.5, 0.6) is 0 Å². The van der Waals surface area contributed by atoms with Crippen molar-refractivity contribution < 1.29 is 12.3 Å². The summed E-state index contributed by atoms with van der Waals surface area (Å²) in [4.78, 5) is 0. The van der Waals surface area contributed by atoms with E-state index in [0.29, 0.717) is 5.92 Å². The first kappa shape index (κ1) is 8.48. The lowest BCUT2D eigenvalue weighted by molar-refractivity contribution is 0.330. The highest BCUT2D eigenvalue weighted by Gasteiger charge is 2.47. The summed E-state index contributed by atoms with van der Waals surface area (Å²) in [6.07, 6.45) is 4.99. The first-order chi connectivity index (χ1) is 5.49. The Balaban J connectivity index is 2.13. The number of halogens is 1. The average Bonchev–Trinajstić information content (AvgIpc) is 2.40. The maximum absolute atomic E-state index is 12.5. The maximum Gasteiger partial charge on any atom is 0.302 e. The van der Waals surface area contributed by atoms with Crippen molar-refractivity contribution in [3.63, 3.8) is 0 Å². The molecule has 0 aromatic carbocycles. The summed E-state index contributed by atoms with van der Waals surface area (Å²) in [7, 11) is -4.25. The second-order valence-electron chi connectivity index (χ2n) is 4.33. The predicted molar refractivity (Wildman–Crippen MR) is 43.9 cm³/mol. The van der Waals surface area contributed by atoms with Gasteiger partial charge in [0.05, 0.1) is 5.75 Å². The number of fused-ring (bicyclic) bond motifs is 2. The first-order valence-electron chi connectivity index (χ1n) is 4.42. The standard InChI is InChI=1S/C8H13FO2S/c9-12(10,11)6-8-3-1-7(5-8)2-4-8/h7H,1-6H2. The fraction of sp³-hybridized carbons (Fsp3) is 1.00. The van der Waals surface area contributed by atoms with Crippen LogP contribution in [0.4, 0.5) is 3.89 Å². The highest BCUT2D eigenvalue weighted by molar-refractivity contribution is 7.86. The maximum atomic E-state index is 12.5. The lowest BCUT2D eigenvalue weighted by atomic mass is 9.87. The van der Waals surface area contributed by atoms with Crippen LogP contribution in [0.2, 0.25) is 0 Å². The third-order valence-electron chi connectivity index (χ3n) is 3.37. The Morgan fingerprint density at radius 2 is 1.92 bits per heavy atom. The zero-order chi connectivity index (χ0) is 8.82. The van der Waals surface area contributed by atoms with Gasteiger partial charge in [-0.1, -0.05) is 0 Å². The topological polar surface area (TPSA) is 34.1 Å².